The van der Waals surface area contributed by atoms with Crippen LogP contribution in [0.25, 0.3) is 10.8 Å². The first kappa shape index (κ1) is 26.8. The Morgan fingerprint density at radius 2 is 1.40 bits per heavy atom. The van der Waals surface area contributed by atoms with E-state index >= 15 is 0 Å². The molecule has 12 heteroatoms. The van der Waals surface area contributed by atoms with Crippen LogP contribution in [0.5, 0.6) is 5.75 Å². The molecular weight excluding hydrogens is 501 g/mol. The predicted molar refractivity (Wildman–Crippen MR) is 134 cm³/mol. The molecule has 0 spiro atoms. The number of hydrogen-bond donors (Lipinski definition) is 3. The summed E-state index contributed by atoms with van der Waals surface area (Å²) in [4.78, 5) is -0.455. The van der Waals surface area contributed by atoms with Crippen molar-refractivity contribution in [2.75, 3.05) is 4.72 Å². The van der Waals surface area contributed by atoms with Crippen LogP contribution < -0.4 is 4.72 Å². The van der Waals surface area contributed by atoms with Gasteiger partial charge in [0, 0.05) is 46.0 Å². The SMILES string of the molecule is Cc1ccc(N=Nc2cc(S(=O)(=O)O)c3ccccc3c2O)cc1S(=O)(=O)Nc1ccccc1.[Na]. The van der Waals surface area contributed by atoms with E-state index in [0.717, 1.165) is 6.07 Å². The number of aromatic hydroxyl groups is 1. The minimum absolute atomic E-state index is 0. The van der Waals surface area contributed by atoms with Gasteiger partial charge in [0.05, 0.1) is 10.6 Å². The van der Waals surface area contributed by atoms with Gasteiger partial charge in [-0.1, -0.05) is 48.5 Å². The topological polar surface area (TPSA) is 145 Å². The second kappa shape index (κ2) is 10.4. The molecule has 3 N–H and O–H groups in total. The minimum Gasteiger partial charge on any atom is -0.505 e. The number of nitrogens with zero attached hydrogens (tertiary/aromatic N) is 2. The van der Waals surface area contributed by atoms with Gasteiger partial charge in [-0.15, -0.1) is 5.11 Å². The van der Waals surface area contributed by atoms with E-state index < -0.39 is 25.0 Å². The molecule has 35 heavy (non-hydrogen) atoms. The molecule has 0 aliphatic carbocycles. The first-order valence-corrected chi connectivity index (χ1v) is 12.8. The van der Waals surface area contributed by atoms with Crippen molar-refractivity contribution in [3.8, 4) is 5.75 Å². The number of para-hydroxylation sites is 1. The molecule has 4 aromatic rings. The third-order valence-corrected chi connectivity index (χ3v) is 7.41. The fraction of sp³-hybridized carbons (Fsp3) is 0.0435. The Bertz CT molecular complexity index is 1640. The number of azo groups is 1. The number of aryl methyl sites for hydroxylation is 1. The maximum absolute atomic E-state index is 12.9. The smallest absolute Gasteiger partial charge is 0.295 e. The van der Waals surface area contributed by atoms with Crippen molar-refractivity contribution in [1.82, 2.24) is 0 Å². The van der Waals surface area contributed by atoms with Gasteiger partial charge in [-0.05, 0) is 42.8 Å². The zero-order chi connectivity index (χ0) is 24.5. The normalized spacial score (nSPS) is 11.9. The molecule has 0 aromatic heterocycles. The van der Waals surface area contributed by atoms with E-state index in [9.17, 15) is 26.5 Å². The molecule has 9 nitrogen and oxygen atoms in total. The molecule has 1 radical (unpaired) electrons. The first-order valence-electron chi connectivity index (χ1n) is 9.89. The molecule has 4 rings (SSSR count). The van der Waals surface area contributed by atoms with Crippen molar-refractivity contribution in [1.29, 1.82) is 0 Å². The van der Waals surface area contributed by atoms with Crippen LogP contribution in [-0.2, 0) is 20.1 Å². The summed E-state index contributed by atoms with van der Waals surface area (Å²) in [7, 11) is -8.54. The van der Waals surface area contributed by atoms with Gasteiger partial charge in [0.2, 0.25) is 0 Å². The fourth-order valence-corrected chi connectivity index (χ4v) is 5.41. The molecule has 175 valence electrons. The zero-order valence-electron chi connectivity index (χ0n) is 18.7. The average Bonchev–Trinajstić information content (AvgIpc) is 2.79. The Morgan fingerprint density at radius 3 is 2.06 bits per heavy atom. The number of phenols is 1. The van der Waals surface area contributed by atoms with Crippen molar-refractivity contribution in [3.63, 3.8) is 0 Å². The van der Waals surface area contributed by atoms with Crippen LogP contribution in [0.2, 0.25) is 0 Å². The van der Waals surface area contributed by atoms with E-state index in [0.29, 0.717) is 11.3 Å². The second-order valence-corrected chi connectivity index (χ2v) is 10.4. The van der Waals surface area contributed by atoms with Gasteiger partial charge in [-0.3, -0.25) is 9.27 Å². The Labute approximate surface area is 224 Å². The molecule has 0 fully saturated rings. The van der Waals surface area contributed by atoms with Crippen molar-refractivity contribution in [2.24, 2.45) is 10.2 Å². The number of fused-ring (bicyclic) bond motifs is 1. The van der Waals surface area contributed by atoms with Gasteiger partial charge in [-0.2, -0.15) is 13.5 Å². The van der Waals surface area contributed by atoms with Crippen molar-refractivity contribution in [3.05, 3.63) is 84.4 Å². The fourth-order valence-electron chi connectivity index (χ4n) is 3.37. The standard InChI is InChI=1S/C23H19N3O6S2.Na/c1-15-11-12-17(13-21(15)33(28,29)26-16-7-3-2-4-8-16)24-25-20-14-22(34(30,31)32)18-9-5-6-10-19(18)23(20)27;/h2-14,26-27H,1H3,(H,30,31,32);. The van der Waals surface area contributed by atoms with Crippen LogP contribution in [0, 0.1) is 6.92 Å². The Balaban J connectivity index is 0.00000342. The Morgan fingerprint density at radius 1 is 0.771 bits per heavy atom. The number of nitrogens with one attached hydrogen (secondary N) is 1. The van der Waals surface area contributed by atoms with Gasteiger partial charge >= 0.3 is 0 Å². The van der Waals surface area contributed by atoms with Crippen LogP contribution in [0.4, 0.5) is 17.1 Å². The van der Waals surface area contributed by atoms with Crippen LogP contribution in [0.3, 0.4) is 0 Å². The van der Waals surface area contributed by atoms with E-state index in [4.69, 9.17) is 0 Å². The van der Waals surface area contributed by atoms with Crippen molar-refractivity contribution in [2.45, 2.75) is 16.7 Å². The average molecular weight is 521 g/mol. The molecular formula is C23H19N3NaO6S2. The molecule has 0 saturated carbocycles. The summed E-state index contributed by atoms with van der Waals surface area (Å²) in [5, 5.41) is 18.8. The predicted octanol–water partition coefficient (Wildman–Crippen LogP) is 4.94. The third kappa shape index (κ3) is 5.89. The number of phenolic OH excluding ortho intramolecular Hbond substituents is 1. The van der Waals surface area contributed by atoms with Crippen molar-refractivity contribution >= 4 is 77.5 Å². The Kier molecular flexibility index (Phi) is 8.00. The molecule has 0 aliphatic heterocycles. The van der Waals surface area contributed by atoms with Gasteiger partial charge in [0.1, 0.15) is 10.6 Å². The quantitative estimate of drug-likeness (QED) is 0.187. The number of rotatable bonds is 6. The monoisotopic (exact) mass is 520 g/mol. The molecule has 0 saturated heterocycles. The molecule has 0 amide bonds. The second-order valence-electron chi connectivity index (χ2n) is 7.38. The number of anilines is 1. The first-order chi connectivity index (χ1) is 16.1. The van der Waals surface area contributed by atoms with Crippen molar-refractivity contribution < 1.29 is 26.5 Å². The molecule has 0 heterocycles. The molecule has 0 bridgehead atoms. The van der Waals surface area contributed by atoms with E-state index in [1.807, 2.05) is 0 Å². The maximum atomic E-state index is 12.9. The van der Waals surface area contributed by atoms with E-state index in [-0.39, 0.29) is 62.3 Å². The summed E-state index contributed by atoms with van der Waals surface area (Å²) in [6.45, 7) is 1.63. The summed E-state index contributed by atoms with van der Waals surface area (Å²) < 4.78 is 61.6. The minimum atomic E-state index is -4.61. The van der Waals surface area contributed by atoms with Gasteiger partial charge in [0.15, 0.2) is 5.75 Å². The maximum Gasteiger partial charge on any atom is 0.295 e. The van der Waals surface area contributed by atoms with Gasteiger partial charge in [0.25, 0.3) is 20.1 Å². The summed E-state index contributed by atoms with van der Waals surface area (Å²) in [6.07, 6.45) is 0. The van der Waals surface area contributed by atoms with Gasteiger partial charge in [-0.25, -0.2) is 8.42 Å². The van der Waals surface area contributed by atoms with E-state index in [1.165, 1.54) is 24.3 Å². The number of benzene rings is 4. The van der Waals surface area contributed by atoms with Crippen LogP contribution in [-0.4, -0.2) is 56.1 Å². The molecule has 0 unspecified atom stereocenters. The summed E-state index contributed by atoms with van der Waals surface area (Å²) in [6, 6.07) is 19.9. The molecule has 0 atom stereocenters. The number of hydrogen-bond acceptors (Lipinski definition) is 7. The molecule has 4 aromatic carbocycles. The number of sulfonamides is 1. The summed E-state index contributed by atoms with van der Waals surface area (Å²) in [5.74, 6) is -0.336. The largest absolute Gasteiger partial charge is 0.505 e. The molecule has 0 aliphatic rings. The van der Waals surface area contributed by atoms with E-state index in [1.54, 1.807) is 55.5 Å². The zero-order valence-corrected chi connectivity index (χ0v) is 22.4. The van der Waals surface area contributed by atoms with Crippen LogP contribution in [0.1, 0.15) is 5.56 Å². The summed E-state index contributed by atoms with van der Waals surface area (Å²) in [5.41, 5.74) is 0.816. The van der Waals surface area contributed by atoms with Gasteiger partial charge < -0.3 is 5.11 Å². The third-order valence-electron chi connectivity index (χ3n) is 5.00. The van der Waals surface area contributed by atoms with Crippen LogP contribution in [0.15, 0.2) is 98.9 Å². The summed E-state index contributed by atoms with van der Waals surface area (Å²) >= 11 is 0. The Hall–Kier alpha value is -2.80. The van der Waals surface area contributed by atoms with Crippen LogP contribution >= 0.6 is 0 Å². The van der Waals surface area contributed by atoms with E-state index in [2.05, 4.69) is 15.0 Å².